The third-order valence-electron chi connectivity index (χ3n) is 2.45. The lowest BCUT2D eigenvalue weighted by Crippen LogP contribution is -2.34. The average Bonchev–Trinajstić information content (AvgIpc) is 2.35. The summed E-state index contributed by atoms with van der Waals surface area (Å²) in [6.07, 6.45) is -0.489. The number of amides is 1. The number of benzene rings is 1. The lowest BCUT2D eigenvalue weighted by Gasteiger charge is -2.22. The molecule has 0 spiro atoms. The Hall–Kier alpha value is -1.75. The summed E-state index contributed by atoms with van der Waals surface area (Å²) in [5.41, 5.74) is 0.859. The molecule has 1 aromatic carbocycles. The Kier molecular flexibility index (Phi) is 5.39. The van der Waals surface area contributed by atoms with Gasteiger partial charge in [-0.2, -0.15) is 0 Å². The van der Waals surface area contributed by atoms with Crippen molar-refractivity contribution in [1.29, 1.82) is 0 Å². The predicted octanol–water partition coefficient (Wildman–Crippen LogP) is 3.65. The van der Waals surface area contributed by atoms with E-state index in [1.54, 1.807) is 39.0 Å². The van der Waals surface area contributed by atoms with Crippen LogP contribution in [0.15, 0.2) is 29.4 Å². The van der Waals surface area contributed by atoms with Gasteiger partial charge in [0.25, 0.3) is 0 Å². The van der Waals surface area contributed by atoms with Gasteiger partial charge in [0.05, 0.1) is 6.04 Å². The van der Waals surface area contributed by atoms with E-state index in [0.717, 1.165) is 5.56 Å². The molecule has 0 radical (unpaired) electrons. The van der Waals surface area contributed by atoms with Gasteiger partial charge in [-0.25, -0.2) is 4.79 Å². The summed E-state index contributed by atoms with van der Waals surface area (Å²) < 4.78 is 5.19. The summed E-state index contributed by atoms with van der Waals surface area (Å²) in [7, 11) is 0. The molecule has 0 saturated heterocycles. The second-order valence-electron chi connectivity index (χ2n) is 5.38. The van der Waals surface area contributed by atoms with E-state index in [2.05, 4.69) is 10.5 Å². The van der Waals surface area contributed by atoms with Crippen LogP contribution in [-0.2, 0) is 4.74 Å². The molecular formula is C14H19ClN2O3. The molecule has 20 heavy (non-hydrogen) atoms. The van der Waals surface area contributed by atoms with Gasteiger partial charge in [-0.15, -0.1) is 0 Å². The molecule has 0 aliphatic rings. The number of halogens is 1. The fourth-order valence-corrected chi connectivity index (χ4v) is 1.68. The summed E-state index contributed by atoms with van der Waals surface area (Å²) in [5.74, 6) is 0. The Balaban J connectivity index is 2.78. The molecular weight excluding hydrogens is 280 g/mol. The van der Waals surface area contributed by atoms with Crippen molar-refractivity contribution in [2.45, 2.75) is 39.3 Å². The van der Waals surface area contributed by atoms with E-state index in [0.29, 0.717) is 5.56 Å². The number of hydrogen-bond acceptors (Lipinski definition) is 4. The minimum Gasteiger partial charge on any atom is -0.444 e. The lowest BCUT2D eigenvalue weighted by molar-refractivity contribution is 0.0508. The summed E-state index contributed by atoms with van der Waals surface area (Å²) in [6.45, 7) is 7.23. The van der Waals surface area contributed by atoms with Crippen molar-refractivity contribution in [3.63, 3.8) is 0 Å². The molecule has 1 aromatic rings. The zero-order chi connectivity index (χ0) is 15.3. The first kappa shape index (κ1) is 16.3. The van der Waals surface area contributed by atoms with Gasteiger partial charge in [0.2, 0.25) is 0 Å². The van der Waals surface area contributed by atoms with Crippen LogP contribution in [-0.4, -0.2) is 22.1 Å². The van der Waals surface area contributed by atoms with E-state index >= 15 is 0 Å². The maximum Gasteiger partial charge on any atom is 0.408 e. The normalized spacial score (nSPS) is 13.8. The van der Waals surface area contributed by atoms with Crippen molar-refractivity contribution in [2.75, 3.05) is 0 Å². The van der Waals surface area contributed by atoms with Crippen LogP contribution in [0.2, 0.25) is 0 Å². The number of rotatable bonds is 3. The van der Waals surface area contributed by atoms with Gasteiger partial charge in [-0.1, -0.05) is 35.0 Å². The van der Waals surface area contributed by atoms with Crippen molar-refractivity contribution in [3.05, 3.63) is 35.4 Å². The molecule has 2 N–H and O–H groups in total. The Morgan fingerprint density at radius 1 is 1.45 bits per heavy atom. The van der Waals surface area contributed by atoms with Crippen LogP contribution in [0.25, 0.3) is 0 Å². The molecule has 0 aliphatic carbocycles. The van der Waals surface area contributed by atoms with E-state index in [9.17, 15) is 4.79 Å². The van der Waals surface area contributed by atoms with Crippen LogP contribution < -0.4 is 5.32 Å². The smallest absolute Gasteiger partial charge is 0.408 e. The molecule has 1 atom stereocenters. The Morgan fingerprint density at radius 3 is 2.65 bits per heavy atom. The van der Waals surface area contributed by atoms with Crippen LogP contribution >= 0.6 is 11.6 Å². The van der Waals surface area contributed by atoms with Gasteiger partial charge in [-0.3, -0.25) is 0 Å². The molecule has 5 nitrogen and oxygen atoms in total. The summed E-state index contributed by atoms with van der Waals surface area (Å²) in [4.78, 5) is 11.7. The van der Waals surface area contributed by atoms with Gasteiger partial charge in [0.1, 0.15) is 5.60 Å². The molecule has 0 aromatic heterocycles. The van der Waals surface area contributed by atoms with Gasteiger partial charge >= 0.3 is 6.09 Å². The first-order chi connectivity index (χ1) is 9.23. The molecule has 1 amide bonds. The van der Waals surface area contributed by atoms with Crippen LogP contribution in [0.3, 0.4) is 0 Å². The predicted molar refractivity (Wildman–Crippen MR) is 78.4 cm³/mol. The Bertz CT molecular complexity index is 509. The van der Waals surface area contributed by atoms with Crippen LogP contribution in [0.1, 0.15) is 44.9 Å². The standard InChI is InChI=1S/C14H19ClN2O3/c1-9(16-13(18)20-14(2,3)4)10-6-5-7-11(8-10)12(15)17-19/h5-9,19H,1-4H3,(H,16,18)/b17-12+. The van der Waals surface area contributed by atoms with Gasteiger partial charge < -0.3 is 15.3 Å². The Morgan fingerprint density at radius 2 is 2.10 bits per heavy atom. The van der Waals surface area contributed by atoms with Crippen molar-refractivity contribution in [3.8, 4) is 0 Å². The third kappa shape index (κ3) is 5.09. The molecule has 0 bridgehead atoms. The second-order valence-corrected chi connectivity index (χ2v) is 5.74. The van der Waals surface area contributed by atoms with Crippen LogP contribution in [0, 0.1) is 0 Å². The number of nitrogens with one attached hydrogen (secondary N) is 1. The maximum absolute atomic E-state index is 11.7. The monoisotopic (exact) mass is 298 g/mol. The van der Waals surface area contributed by atoms with E-state index in [4.69, 9.17) is 21.5 Å². The summed E-state index contributed by atoms with van der Waals surface area (Å²) in [6, 6.07) is 6.81. The molecule has 110 valence electrons. The fraction of sp³-hybridized carbons (Fsp3) is 0.429. The topological polar surface area (TPSA) is 70.9 Å². The van der Waals surface area contributed by atoms with Crippen LogP contribution in [0.4, 0.5) is 4.79 Å². The van der Waals surface area contributed by atoms with E-state index in [1.165, 1.54) is 0 Å². The molecule has 0 saturated carbocycles. The van der Waals surface area contributed by atoms with Gasteiger partial charge in [0, 0.05) is 5.56 Å². The third-order valence-corrected chi connectivity index (χ3v) is 2.74. The second kappa shape index (κ2) is 6.61. The largest absolute Gasteiger partial charge is 0.444 e. The van der Waals surface area contributed by atoms with Crippen molar-refractivity contribution in [1.82, 2.24) is 5.32 Å². The SMILES string of the molecule is CC(NC(=O)OC(C)(C)C)c1cccc(/C(Cl)=N\O)c1. The summed E-state index contributed by atoms with van der Waals surface area (Å²) in [5, 5.41) is 14.3. The highest BCUT2D eigenvalue weighted by Crippen LogP contribution is 2.17. The zero-order valence-electron chi connectivity index (χ0n) is 12.0. The number of ether oxygens (including phenoxy) is 1. The number of nitrogens with zero attached hydrogens (tertiary/aromatic N) is 1. The minimum absolute atomic E-state index is 0.00341. The van der Waals surface area contributed by atoms with E-state index < -0.39 is 11.7 Å². The highest BCUT2D eigenvalue weighted by Gasteiger charge is 2.18. The Labute approximate surface area is 123 Å². The quantitative estimate of drug-likeness (QED) is 0.508. The average molecular weight is 299 g/mol. The first-order valence-corrected chi connectivity index (χ1v) is 6.58. The first-order valence-electron chi connectivity index (χ1n) is 6.20. The number of alkyl carbamates (subject to hydrolysis) is 1. The highest BCUT2D eigenvalue weighted by atomic mass is 35.5. The zero-order valence-corrected chi connectivity index (χ0v) is 12.7. The minimum atomic E-state index is -0.543. The lowest BCUT2D eigenvalue weighted by atomic mass is 10.1. The number of carbonyl (C=O) groups is 1. The number of oxime groups is 1. The summed E-state index contributed by atoms with van der Waals surface area (Å²) >= 11 is 5.75. The molecule has 0 heterocycles. The van der Waals surface area contributed by atoms with Gasteiger partial charge in [0.15, 0.2) is 5.17 Å². The molecule has 1 rings (SSSR count). The maximum atomic E-state index is 11.7. The van der Waals surface area contributed by atoms with E-state index in [-0.39, 0.29) is 11.2 Å². The van der Waals surface area contributed by atoms with Crippen molar-refractivity contribution >= 4 is 22.9 Å². The number of hydrogen-bond donors (Lipinski definition) is 2. The fourth-order valence-electron chi connectivity index (χ4n) is 1.56. The van der Waals surface area contributed by atoms with Crippen LogP contribution in [0.5, 0.6) is 0 Å². The van der Waals surface area contributed by atoms with Gasteiger partial charge in [-0.05, 0) is 39.3 Å². The highest BCUT2D eigenvalue weighted by molar-refractivity contribution is 6.69. The molecule has 6 heteroatoms. The molecule has 1 unspecified atom stereocenters. The number of carbonyl (C=O) groups excluding carboxylic acids is 1. The molecule has 0 aliphatic heterocycles. The molecule has 0 fully saturated rings. The van der Waals surface area contributed by atoms with Crippen molar-refractivity contribution < 1.29 is 14.7 Å². The van der Waals surface area contributed by atoms with Crippen molar-refractivity contribution in [2.24, 2.45) is 5.16 Å². The van der Waals surface area contributed by atoms with E-state index in [1.807, 2.05) is 13.0 Å².